The third-order valence-corrected chi connectivity index (χ3v) is 6.81. The lowest BCUT2D eigenvalue weighted by Gasteiger charge is -2.24. The van der Waals surface area contributed by atoms with Gasteiger partial charge in [0.05, 0.1) is 17.8 Å². The lowest BCUT2D eigenvalue weighted by atomic mass is 9.92. The number of alkyl carbamates (subject to hydrolysis) is 1. The Morgan fingerprint density at radius 2 is 2.00 bits per heavy atom. The Bertz CT molecular complexity index is 1420. The fourth-order valence-corrected chi connectivity index (χ4v) is 5.09. The molecule has 10 nitrogen and oxygen atoms in total. The van der Waals surface area contributed by atoms with Crippen LogP contribution in [0.3, 0.4) is 0 Å². The van der Waals surface area contributed by atoms with Crippen LogP contribution in [0.2, 0.25) is 0 Å². The standard InChI is InChI=1S/C25H27N7O3/c1-25(2)21(28-24(33)35-25)15-4-3-5-16(14-15)23-29-22(26)20-18(7-11-31(20)30-23)19-6-10-27-32(19)17-8-12-34-13-9-17/h3-7,10-11,14,17,21H,8-9,12-13H2,1-2H3,(H,28,33)(H2,26,29,30). The minimum atomic E-state index is -0.664. The first-order chi connectivity index (χ1) is 16.9. The van der Waals surface area contributed by atoms with Gasteiger partial charge in [0.1, 0.15) is 11.1 Å². The number of carbonyl (C=O) groups excluding carboxylic acids is 1. The molecule has 1 aromatic carbocycles. The number of nitrogens with two attached hydrogens (primary N) is 1. The van der Waals surface area contributed by atoms with Gasteiger partial charge < -0.3 is 20.5 Å². The minimum Gasteiger partial charge on any atom is -0.441 e. The molecule has 3 N–H and O–H groups in total. The van der Waals surface area contributed by atoms with E-state index in [1.54, 1.807) is 4.52 Å². The Hall–Kier alpha value is -3.92. The van der Waals surface area contributed by atoms with Crippen molar-refractivity contribution in [3.63, 3.8) is 0 Å². The average molecular weight is 474 g/mol. The van der Waals surface area contributed by atoms with Crippen LogP contribution in [0.5, 0.6) is 0 Å². The Morgan fingerprint density at radius 3 is 2.77 bits per heavy atom. The van der Waals surface area contributed by atoms with E-state index in [9.17, 15) is 4.79 Å². The van der Waals surface area contributed by atoms with Gasteiger partial charge in [0.15, 0.2) is 11.6 Å². The van der Waals surface area contributed by atoms with Crippen LogP contribution < -0.4 is 11.1 Å². The van der Waals surface area contributed by atoms with E-state index in [1.165, 1.54) is 0 Å². The van der Waals surface area contributed by atoms with Crippen LogP contribution in [-0.4, -0.2) is 49.3 Å². The molecule has 0 saturated carbocycles. The van der Waals surface area contributed by atoms with Crippen molar-refractivity contribution in [3.05, 3.63) is 54.4 Å². The predicted molar refractivity (Wildman–Crippen MR) is 130 cm³/mol. The fourth-order valence-electron chi connectivity index (χ4n) is 5.09. The number of amides is 1. The van der Waals surface area contributed by atoms with Gasteiger partial charge in [-0.3, -0.25) is 4.68 Å². The van der Waals surface area contributed by atoms with Crippen LogP contribution in [0.15, 0.2) is 48.8 Å². The van der Waals surface area contributed by atoms with E-state index in [-0.39, 0.29) is 12.1 Å². The number of ether oxygens (including phenoxy) is 2. The van der Waals surface area contributed by atoms with Crippen LogP contribution in [-0.2, 0) is 9.47 Å². The maximum Gasteiger partial charge on any atom is 0.408 e. The Morgan fingerprint density at radius 1 is 1.17 bits per heavy atom. The summed E-state index contributed by atoms with van der Waals surface area (Å²) in [4.78, 5) is 16.5. The summed E-state index contributed by atoms with van der Waals surface area (Å²) in [5, 5.41) is 12.2. The number of nitrogen functional groups attached to an aromatic ring is 1. The van der Waals surface area contributed by atoms with Crippen LogP contribution in [0.4, 0.5) is 10.6 Å². The van der Waals surface area contributed by atoms with Crippen molar-refractivity contribution >= 4 is 17.4 Å². The molecule has 0 spiro atoms. The molecule has 0 aliphatic carbocycles. The highest BCUT2D eigenvalue weighted by Gasteiger charge is 2.42. The lowest BCUT2D eigenvalue weighted by Crippen LogP contribution is -2.30. The monoisotopic (exact) mass is 473 g/mol. The SMILES string of the molecule is CC1(C)OC(=O)NC1c1cccc(-c2nc(N)c3c(-c4ccnn4C4CCOCC4)ccn3n2)c1. The summed E-state index contributed by atoms with van der Waals surface area (Å²) in [6.45, 7) is 5.24. The van der Waals surface area contributed by atoms with Gasteiger partial charge >= 0.3 is 6.09 Å². The normalized spacial score (nSPS) is 20.2. The van der Waals surface area contributed by atoms with Crippen molar-refractivity contribution in [1.29, 1.82) is 0 Å². The number of fused-ring (bicyclic) bond motifs is 1. The van der Waals surface area contributed by atoms with Gasteiger partial charge in [-0.1, -0.05) is 18.2 Å². The summed E-state index contributed by atoms with van der Waals surface area (Å²) in [5.41, 5.74) is 10.2. The second kappa shape index (κ2) is 8.09. The molecule has 1 unspecified atom stereocenters. The third-order valence-electron chi connectivity index (χ3n) is 6.81. The molecule has 6 rings (SSSR count). The van der Waals surface area contributed by atoms with E-state index in [2.05, 4.69) is 20.1 Å². The van der Waals surface area contributed by atoms with E-state index in [4.69, 9.17) is 20.3 Å². The number of rotatable bonds is 4. The topological polar surface area (TPSA) is 122 Å². The number of nitrogens with one attached hydrogen (secondary N) is 1. The van der Waals surface area contributed by atoms with Crippen molar-refractivity contribution in [2.75, 3.05) is 18.9 Å². The molecule has 2 fully saturated rings. The molecule has 0 bridgehead atoms. The van der Waals surface area contributed by atoms with Gasteiger partial charge in [-0.15, -0.1) is 5.10 Å². The molecule has 5 heterocycles. The molecule has 180 valence electrons. The number of carbonyl (C=O) groups is 1. The summed E-state index contributed by atoms with van der Waals surface area (Å²) in [7, 11) is 0. The molecule has 10 heteroatoms. The molecule has 1 amide bonds. The summed E-state index contributed by atoms with van der Waals surface area (Å²) in [6.07, 6.45) is 5.14. The molecule has 3 aromatic heterocycles. The van der Waals surface area contributed by atoms with Crippen molar-refractivity contribution in [2.24, 2.45) is 0 Å². The fraction of sp³-hybridized carbons (Fsp3) is 0.360. The van der Waals surface area contributed by atoms with Gasteiger partial charge in [-0.25, -0.2) is 14.3 Å². The number of nitrogens with zero attached hydrogens (tertiary/aromatic N) is 5. The van der Waals surface area contributed by atoms with Crippen LogP contribution in [0.1, 0.15) is 44.3 Å². The van der Waals surface area contributed by atoms with Crippen molar-refractivity contribution in [3.8, 4) is 22.6 Å². The average Bonchev–Trinajstić information content (AvgIpc) is 3.56. The van der Waals surface area contributed by atoms with E-state index < -0.39 is 11.7 Å². The summed E-state index contributed by atoms with van der Waals surface area (Å²) < 4.78 is 14.8. The molecule has 0 radical (unpaired) electrons. The van der Waals surface area contributed by atoms with Gasteiger partial charge in [0.25, 0.3) is 0 Å². The Kier molecular flexibility index (Phi) is 4.99. The predicted octanol–water partition coefficient (Wildman–Crippen LogP) is 3.75. The molecular weight excluding hydrogens is 446 g/mol. The highest BCUT2D eigenvalue weighted by molar-refractivity contribution is 5.87. The number of cyclic esters (lactones) is 1. The molecular formula is C25H27N7O3. The van der Waals surface area contributed by atoms with Gasteiger partial charge in [0, 0.05) is 36.7 Å². The van der Waals surface area contributed by atoms with Crippen LogP contribution in [0, 0.1) is 0 Å². The van der Waals surface area contributed by atoms with Crippen LogP contribution in [0.25, 0.3) is 28.2 Å². The number of hydrogen-bond donors (Lipinski definition) is 2. The Balaban J connectivity index is 1.38. The highest BCUT2D eigenvalue weighted by Crippen LogP contribution is 2.36. The largest absolute Gasteiger partial charge is 0.441 e. The molecule has 35 heavy (non-hydrogen) atoms. The van der Waals surface area contributed by atoms with Crippen molar-refractivity contribution in [2.45, 2.75) is 44.4 Å². The number of hydrogen-bond acceptors (Lipinski definition) is 7. The lowest BCUT2D eigenvalue weighted by molar-refractivity contribution is 0.0667. The molecule has 1 atom stereocenters. The molecule has 2 aliphatic heterocycles. The highest BCUT2D eigenvalue weighted by atomic mass is 16.6. The van der Waals surface area contributed by atoms with E-state index in [1.807, 2.05) is 62.6 Å². The molecule has 2 aliphatic rings. The zero-order valence-electron chi connectivity index (χ0n) is 19.6. The first-order valence-electron chi connectivity index (χ1n) is 11.8. The van der Waals surface area contributed by atoms with E-state index >= 15 is 0 Å². The third kappa shape index (κ3) is 3.70. The number of aromatic nitrogens is 5. The van der Waals surface area contributed by atoms with Gasteiger partial charge in [-0.2, -0.15) is 5.10 Å². The minimum absolute atomic E-state index is 0.278. The summed E-state index contributed by atoms with van der Waals surface area (Å²) >= 11 is 0. The maximum atomic E-state index is 11.8. The first-order valence-corrected chi connectivity index (χ1v) is 11.8. The van der Waals surface area contributed by atoms with Crippen LogP contribution >= 0.6 is 0 Å². The Labute approximate surface area is 202 Å². The van der Waals surface area contributed by atoms with Crippen molar-refractivity contribution < 1.29 is 14.3 Å². The second-order valence-corrected chi connectivity index (χ2v) is 9.54. The zero-order valence-corrected chi connectivity index (χ0v) is 19.6. The van der Waals surface area contributed by atoms with E-state index in [0.29, 0.717) is 11.6 Å². The second-order valence-electron chi connectivity index (χ2n) is 9.54. The zero-order chi connectivity index (χ0) is 24.2. The summed E-state index contributed by atoms with van der Waals surface area (Å²) in [6, 6.07) is 11.8. The summed E-state index contributed by atoms with van der Waals surface area (Å²) in [5.74, 6) is 0.887. The molecule has 4 aromatic rings. The van der Waals surface area contributed by atoms with Crippen molar-refractivity contribution in [1.82, 2.24) is 29.7 Å². The van der Waals surface area contributed by atoms with Gasteiger partial charge in [0.2, 0.25) is 0 Å². The molecule has 2 saturated heterocycles. The quantitative estimate of drug-likeness (QED) is 0.463. The number of benzene rings is 1. The van der Waals surface area contributed by atoms with E-state index in [0.717, 1.165) is 54.0 Å². The maximum absolute atomic E-state index is 11.8. The number of anilines is 1. The smallest absolute Gasteiger partial charge is 0.408 e. The first kappa shape index (κ1) is 21.6. The van der Waals surface area contributed by atoms with Gasteiger partial charge in [-0.05, 0) is 50.5 Å².